The van der Waals surface area contributed by atoms with Crippen molar-refractivity contribution in [3.63, 3.8) is 0 Å². The van der Waals surface area contributed by atoms with Crippen LogP contribution in [0.15, 0.2) is 0 Å². The Balaban J connectivity index is 1.89. The van der Waals surface area contributed by atoms with Crippen LogP contribution in [-0.4, -0.2) is 66.9 Å². The van der Waals surface area contributed by atoms with Crippen molar-refractivity contribution in [1.82, 2.24) is 14.9 Å². The molecule has 2 amide bonds. The third-order valence-electron chi connectivity index (χ3n) is 3.35. The molecule has 2 aliphatic rings. The van der Waals surface area contributed by atoms with Crippen molar-refractivity contribution in [2.75, 3.05) is 25.1 Å². The van der Waals surface area contributed by atoms with Crippen LogP contribution in [0.4, 0.5) is 4.79 Å². The van der Waals surface area contributed by atoms with Crippen molar-refractivity contribution < 1.29 is 23.1 Å². The second-order valence-electron chi connectivity index (χ2n) is 5.22. The van der Waals surface area contributed by atoms with E-state index in [4.69, 9.17) is 0 Å². The normalized spacial score (nSPS) is 25.9. The van der Waals surface area contributed by atoms with Crippen molar-refractivity contribution in [1.29, 1.82) is 0 Å². The van der Waals surface area contributed by atoms with Crippen LogP contribution in [0, 0.1) is 5.92 Å². The van der Waals surface area contributed by atoms with Gasteiger partial charge < -0.3 is 10.4 Å². The predicted octanol–water partition coefficient (Wildman–Crippen LogP) is -0.517. The molecule has 1 heterocycles. The van der Waals surface area contributed by atoms with Crippen LogP contribution >= 0.6 is 11.8 Å². The molecule has 0 aromatic heterocycles. The summed E-state index contributed by atoms with van der Waals surface area (Å²) in [6.45, 7) is 0.203. The molecule has 1 saturated heterocycles. The highest BCUT2D eigenvalue weighted by atomic mass is 32.2. The molecule has 1 saturated carbocycles. The van der Waals surface area contributed by atoms with E-state index in [9.17, 15) is 23.1 Å². The molecule has 0 bridgehead atoms. The largest absolute Gasteiger partial charge is 0.480 e. The monoisotopic (exact) mass is 337 g/mol. The summed E-state index contributed by atoms with van der Waals surface area (Å²) in [5.74, 6) is -0.236. The van der Waals surface area contributed by atoms with Gasteiger partial charge in [0.1, 0.15) is 6.04 Å². The van der Waals surface area contributed by atoms with Crippen molar-refractivity contribution in [3.8, 4) is 0 Å². The van der Waals surface area contributed by atoms with Gasteiger partial charge in [-0.25, -0.2) is 22.7 Å². The summed E-state index contributed by atoms with van der Waals surface area (Å²) in [5, 5.41) is 11.7. The maximum Gasteiger partial charge on any atom is 0.327 e. The van der Waals surface area contributed by atoms with Gasteiger partial charge in [-0.05, 0) is 18.8 Å². The zero-order valence-corrected chi connectivity index (χ0v) is 13.2. The predicted molar refractivity (Wildman–Crippen MR) is 78.5 cm³/mol. The minimum absolute atomic E-state index is 0.0807. The second kappa shape index (κ2) is 6.41. The van der Waals surface area contributed by atoms with Crippen LogP contribution in [0.1, 0.15) is 12.8 Å². The zero-order valence-electron chi connectivity index (χ0n) is 11.6. The number of nitrogens with one attached hydrogen (secondary N) is 2. The van der Waals surface area contributed by atoms with Gasteiger partial charge in [-0.1, -0.05) is 0 Å². The molecule has 2 fully saturated rings. The number of thioether (sulfide) groups is 1. The maximum atomic E-state index is 12.2. The first-order chi connectivity index (χ1) is 9.79. The SMILES string of the molecule is CS(=O)(=O)NCCNC(=O)N1C(C(=O)O)CSC1C1CC1. The van der Waals surface area contributed by atoms with Gasteiger partial charge in [-0.15, -0.1) is 11.8 Å². The van der Waals surface area contributed by atoms with Crippen molar-refractivity contribution in [3.05, 3.63) is 0 Å². The third kappa shape index (κ3) is 4.48. The number of sulfonamides is 1. The second-order valence-corrected chi connectivity index (χ2v) is 8.20. The van der Waals surface area contributed by atoms with E-state index in [0.29, 0.717) is 11.7 Å². The fraction of sp³-hybridized carbons (Fsp3) is 0.818. The van der Waals surface area contributed by atoms with Gasteiger partial charge in [-0.2, -0.15) is 0 Å². The van der Waals surface area contributed by atoms with E-state index in [2.05, 4.69) is 10.0 Å². The molecule has 8 nitrogen and oxygen atoms in total. The standard InChI is InChI=1S/C11H19N3O5S2/c1-21(18,19)13-5-4-12-11(17)14-8(10(15)16)6-20-9(14)7-2-3-7/h7-9,13H,2-6H2,1H3,(H,12,17)(H,15,16). The highest BCUT2D eigenvalue weighted by Crippen LogP contribution is 2.45. The minimum Gasteiger partial charge on any atom is -0.480 e. The van der Waals surface area contributed by atoms with Crippen LogP contribution < -0.4 is 10.0 Å². The zero-order chi connectivity index (χ0) is 15.6. The van der Waals surface area contributed by atoms with E-state index in [-0.39, 0.29) is 18.5 Å². The first-order valence-corrected chi connectivity index (χ1v) is 9.59. The maximum absolute atomic E-state index is 12.2. The number of urea groups is 1. The lowest BCUT2D eigenvalue weighted by molar-refractivity contribution is -0.141. The van der Waals surface area contributed by atoms with Crippen LogP contribution in [0.2, 0.25) is 0 Å². The van der Waals surface area contributed by atoms with Gasteiger partial charge in [0.05, 0.1) is 11.6 Å². The number of carboxylic acids is 1. The summed E-state index contributed by atoms with van der Waals surface area (Å²) >= 11 is 1.50. The molecule has 1 aliphatic heterocycles. The van der Waals surface area contributed by atoms with Crippen LogP contribution in [-0.2, 0) is 14.8 Å². The summed E-state index contributed by atoms with van der Waals surface area (Å²) in [4.78, 5) is 24.8. The Morgan fingerprint density at radius 3 is 2.52 bits per heavy atom. The third-order valence-corrected chi connectivity index (χ3v) is 5.54. The van der Waals surface area contributed by atoms with E-state index >= 15 is 0 Å². The summed E-state index contributed by atoms with van der Waals surface area (Å²) in [6.07, 6.45) is 3.07. The molecule has 2 rings (SSSR count). The Labute approximate surface area is 127 Å². The number of aliphatic carboxylic acids is 1. The summed E-state index contributed by atoms with van der Waals surface area (Å²) in [6, 6.07) is -1.26. The quantitative estimate of drug-likeness (QED) is 0.562. The van der Waals surface area contributed by atoms with Crippen LogP contribution in [0.25, 0.3) is 0 Å². The number of carbonyl (C=O) groups is 2. The molecule has 1 aliphatic carbocycles. The van der Waals surface area contributed by atoms with E-state index in [1.54, 1.807) is 0 Å². The Morgan fingerprint density at radius 2 is 2.00 bits per heavy atom. The van der Waals surface area contributed by atoms with E-state index in [1.165, 1.54) is 16.7 Å². The number of hydrogen-bond donors (Lipinski definition) is 3. The topological polar surface area (TPSA) is 116 Å². The van der Waals surface area contributed by atoms with E-state index in [1.807, 2.05) is 0 Å². The van der Waals surface area contributed by atoms with Gasteiger partial charge in [0.25, 0.3) is 0 Å². The summed E-state index contributed by atoms with van der Waals surface area (Å²) in [7, 11) is -3.29. The fourth-order valence-corrected chi connectivity index (χ4v) is 4.32. The molecular formula is C11H19N3O5S2. The van der Waals surface area contributed by atoms with Gasteiger partial charge in [0, 0.05) is 18.8 Å². The highest BCUT2D eigenvalue weighted by molar-refractivity contribution is 8.00. The summed E-state index contributed by atoms with van der Waals surface area (Å²) in [5.41, 5.74) is 0. The van der Waals surface area contributed by atoms with Crippen molar-refractivity contribution in [2.45, 2.75) is 24.3 Å². The Bertz CT molecular complexity index is 520. The molecule has 0 aromatic rings. The number of hydrogen-bond acceptors (Lipinski definition) is 5. The summed E-state index contributed by atoms with van der Waals surface area (Å²) < 4.78 is 24.1. The number of carbonyl (C=O) groups excluding carboxylic acids is 1. The fourth-order valence-electron chi connectivity index (χ4n) is 2.22. The molecule has 0 aromatic carbocycles. The Kier molecular flexibility index (Phi) is 4.99. The van der Waals surface area contributed by atoms with Gasteiger partial charge in [-0.3, -0.25) is 4.90 Å². The van der Waals surface area contributed by atoms with Crippen LogP contribution in [0.5, 0.6) is 0 Å². The minimum atomic E-state index is -3.29. The molecule has 120 valence electrons. The van der Waals surface area contributed by atoms with Crippen molar-refractivity contribution in [2.24, 2.45) is 5.92 Å². The van der Waals surface area contributed by atoms with E-state index in [0.717, 1.165) is 19.1 Å². The van der Waals surface area contributed by atoms with Gasteiger partial charge in [0.15, 0.2) is 0 Å². The number of amides is 2. The van der Waals surface area contributed by atoms with Crippen molar-refractivity contribution >= 4 is 33.8 Å². The first-order valence-electron chi connectivity index (χ1n) is 6.65. The average molecular weight is 337 g/mol. The molecule has 0 spiro atoms. The number of nitrogens with zero attached hydrogens (tertiary/aromatic N) is 1. The average Bonchev–Trinajstić information content (AvgIpc) is 3.11. The highest BCUT2D eigenvalue weighted by Gasteiger charge is 2.47. The molecule has 3 N–H and O–H groups in total. The first kappa shape index (κ1) is 16.4. The van der Waals surface area contributed by atoms with Crippen LogP contribution in [0.3, 0.4) is 0 Å². The molecule has 10 heteroatoms. The molecule has 21 heavy (non-hydrogen) atoms. The lowest BCUT2D eigenvalue weighted by atomic mass is 10.2. The molecule has 2 atom stereocenters. The molecule has 2 unspecified atom stereocenters. The molecular weight excluding hydrogens is 318 g/mol. The number of rotatable bonds is 6. The lowest BCUT2D eigenvalue weighted by Gasteiger charge is -2.27. The smallest absolute Gasteiger partial charge is 0.327 e. The van der Waals surface area contributed by atoms with Gasteiger partial charge in [0.2, 0.25) is 10.0 Å². The lowest BCUT2D eigenvalue weighted by Crippen LogP contribution is -2.51. The molecule has 0 radical (unpaired) electrons. The number of carboxylic acid groups (broad SMARTS) is 1. The Hall–Kier alpha value is -1.00. The Morgan fingerprint density at radius 1 is 1.33 bits per heavy atom. The van der Waals surface area contributed by atoms with Gasteiger partial charge >= 0.3 is 12.0 Å². The van der Waals surface area contributed by atoms with E-state index < -0.39 is 28.1 Å².